The lowest BCUT2D eigenvalue weighted by molar-refractivity contribution is 0.0927. The van der Waals surface area contributed by atoms with Crippen LogP contribution in [-0.2, 0) is 20.5 Å². The van der Waals surface area contributed by atoms with Gasteiger partial charge >= 0.3 is 0 Å². The fourth-order valence-corrected chi connectivity index (χ4v) is 3.44. The number of amides is 1. The van der Waals surface area contributed by atoms with Crippen molar-refractivity contribution in [1.82, 2.24) is 24.9 Å². The molecular formula is C16H21N5O. The van der Waals surface area contributed by atoms with Crippen molar-refractivity contribution in [2.75, 3.05) is 0 Å². The first-order chi connectivity index (χ1) is 10.6. The molecule has 0 aromatic carbocycles. The van der Waals surface area contributed by atoms with E-state index in [0.717, 1.165) is 24.8 Å². The van der Waals surface area contributed by atoms with Crippen LogP contribution in [0.2, 0.25) is 0 Å². The van der Waals surface area contributed by atoms with Crippen molar-refractivity contribution in [2.45, 2.75) is 44.1 Å². The van der Waals surface area contributed by atoms with E-state index in [-0.39, 0.29) is 11.9 Å². The third-order valence-electron chi connectivity index (χ3n) is 4.83. The van der Waals surface area contributed by atoms with E-state index in [9.17, 15) is 4.79 Å². The molecule has 1 atom stereocenters. The van der Waals surface area contributed by atoms with Crippen molar-refractivity contribution in [2.24, 2.45) is 14.1 Å². The SMILES string of the molecule is Cn1nc(C(=O)N[C@@H]2CCCc3c2cnn3C)cc1C1CC1. The lowest BCUT2D eigenvalue weighted by atomic mass is 9.93. The second-order valence-corrected chi connectivity index (χ2v) is 6.44. The normalized spacial score (nSPS) is 20.7. The van der Waals surface area contributed by atoms with Gasteiger partial charge in [0, 0.05) is 37.0 Å². The summed E-state index contributed by atoms with van der Waals surface area (Å²) in [6, 6.07) is 2.00. The van der Waals surface area contributed by atoms with Crippen molar-refractivity contribution < 1.29 is 4.79 Å². The maximum Gasteiger partial charge on any atom is 0.272 e. The van der Waals surface area contributed by atoms with Gasteiger partial charge in [0.2, 0.25) is 0 Å². The summed E-state index contributed by atoms with van der Waals surface area (Å²) in [5.41, 5.74) is 4.09. The Balaban J connectivity index is 1.54. The van der Waals surface area contributed by atoms with Crippen LogP contribution in [0.15, 0.2) is 12.3 Å². The predicted molar refractivity (Wildman–Crippen MR) is 81.5 cm³/mol. The van der Waals surface area contributed by atoms with Gasteiger partial charge in [0.1, 0.15) is 5.69 Å². The number of aromatic nitrogens is 4. The van der Waals surface area contributed by atoms with E-state index in [0.29, 0.717) is 11.6 Å². The van der Waals surface area contributed by atoms with Gasteiger partial charge in [-0.2, -0.15) is 10.2 Å². The summed E-state index contributed by atoms with van der Waals surface area (Å²) in [4.78, 5) is 12.5. The van der Waals surface area contributed by atoms with Crippen LogP contribution < -0.4 is 5.32 Å². The summed E-state index contributed by atoms with van der Waals surface area (Å²) in [5.74, 6) is 0.517. The summed E-state index contributed by atoms with van der Waals surface area (Å²) in [7, 11) is 3.88. The van der Waals surface area contributed by atoms with Gasteiger partial charge in [-0.3, -0.25) is 14.2 Å². The number of nitrogens with one attached hydrogen (secondary N) is 1. The molecule has 22 heavy (non-hydrogen) atoms. The first-order valence-electron chi connectivity index (χ1n) is 7.99. The van der Waals surface area contributed by atoms with Crippen LogP contribution in [0.1, 0.15) is 65.1 Å². The molecule has 2 aromatic rings. The molecule has 0 saturated heterocycles. The van der Waals surface area contributed by atoms with Gasteiger partial charge in [-0.15, -0.1) is 0 Å². The van der Waals surface area contributed by atoms with Gasteiger partial charge in [0.05, 0.1) is 12.2 Å². The molecule has 4 rings (SSSR count). The molecule has 1 saturated carbocycles. The minimum Gasteiger partial charge on any atom is -0.344 e. The number of carbonyl (C=O) groups excluding carboxylic acids is 1. The quantitative estimate of drug-likeness (QED) is 0.940. The largest absolute Gasteiger partial charge is 0.344 e. The molecule has 6 nitrogen and oxygen atoms in total. The summed E-state index contributed by atoms with van der Waals surface area (Å²) < 4.78 is 3.77. The Bertz CT molecular complexity index is 725. The minimum atomic E-state index is -0.0794. The number of aryl methyl sites for hydroxylation is 2. The zero-order chi connectivity index (χ0) is 15.3. The first kappa shape index (κ1) is 13.5. The Morgan fingerprint density at radius 1 is 1.27 bits per heavy atom. The Labute approximate surface area is 129 Å². The smallest absolute Gasteiger partial charge is 0.272 e. The van der Waals surface area contributed by atoms with E-state index < -0.39 is 0 Å². The maximum atomic E-state index is 12.5. The van der Waals surface area contributed by atoms with E-state index in [1.54, 1.807) is 0 Å². The molecular weight excluding hydrogens is 278 g/mol. The van der Waals surface area contributed by atoms with Crippen LogP contribution in [0, 0.1) is 0 Å². The van der Waals surface area contributed by atoms with Crippen molar-refractivity contribution in [3.8, 4) is 0 Å². The average Bonchev–Trinajstić information content (AvgIpc) is 3.17. The topological polar surface area (TPSA) is 64.7 Å². The van der Waals surface area contributed by atoms with E-state index >= 15 is 0 Å². The van der Waals surface area contributed by atoms with Crippen LogP contribution in [0.5, 0.6) is 0 Å². The summed E-state index contributed by atoms with van der Waals surface area (Å²) >= 11 is 0. The number of carbonyl (C=O) groups is 1. The highest BCUT2D eigenvalue weighted by molar-refractivity contribution is 5.92. The molecule has 116 valence electrons. The van der Waals surface area contributed by atoms with Crippen LogP contribution in [-0.4, -0.2) is 25.5 Å². The molecule has 2 aromatic heterocycles. The molecule has 6 heteroatoms. The monoisotopic (exact) mass is 299 g/mol. The molecule has 0 bridgehead atoms. The highest BCUT2D eigenvalue weighted by Crippen LogP contribution is 2.40. The van der Waals surface area contributed by atoms with Crippen molar-refractivity contribution in [3.63, 3.8) is 0 Å². The third kappa shape index (κ3) is 2.23. The van der Waals surface area contributed by atoms with Gasteiger partial charge in [0.15, 0.2) is 0 Å². The molecule has 2 aliphatic carbocycles. The van der Waals surface area contributed by atoms with E-state index in [4.69, 9.17) is 0 Å². The third-order valence-corrected chi connectivity index (χ3v) is 4.83. The Hall–Kier alpha value is -2.11. The van der Waals surface area contributed by atoms with Gasteiger partial charge < -0.3 is 5.32 Å². The standard InChI is InChI=1S/C16H21N5O/c1-20-14-5-3-4-12(11(14)9-17-20)18-16(22)13-8-15(10-6-7-10)21(2)19-13/h8-10,12H,3-7H2,1-2H3,(H,18,22)/t12-/m1/s1. The molecule has 1 fully saturated rings. The highest BCUT2D eigenvalue weighted by Gasteiger charge is 2.30. The molecule has 0 spiro atoms. The Kier molecular flexibility index (Phi) is 3.06. The van der Waals surface area contributed by atoms with Crippen LogP contribution in [0.25, 0.3) is 0 Å². The van der Waals surface area contributed by atoms with Gasteiger partial charge in [0.25, 0.3) is 5.91 Å². The zero-order valence-corrected chi connectivity index (χ0v) is 13.0. The Morgan fingerprint density at radius 3 is 2.86 bits per heavy atom. The predicted octanol–water partition coefficient (Wildman–Crippen LogP) is 1.84. The van der Waals surface area contributed by atoms with Crippen molar-refractivity contribution >= 4 is 5.91 Å². The van der Waals surface area contributed by atoms with Gasteiger partial charge in [-0.1, -0.05) is 0 Å². The summed E-state index contributed by atoms with van der Waals surface area (Å²) in [6.07, 6.45) is 7.38. The number of fused-ring (bicyclic) bond motifs is 1. The first-order valence-corrected chi connectivity index (χ1v) is 7.99. The number of hydrogen-bond donors (Lipinski definition) is 1. The fourth-order valence-electron chi connectivity index (χ4n) is 3.44. The Morgan fingerprint density at radius 2 is 2.09 bits per heavy atom. The van der Waals surface area contributed by atoms with Crippen LogP contribution >= 0.6 is 0 Å². The second kappa shape index (κ2) is 4.97. The van der Waals surface area contributed by atoms with E-state index in [1.165, 1.54) is 24.2 Å². The minimum absolute atomic E-state index is 0.0522. The molecule has 1 N–H and O–H groups in total. The van der Waals surface area contributed by atoms with Crippen LogP contribution in [0.4, 0.5) is 0 Å². The van der Waals surface area contributed by atoms with E-state index in [2.05, 4.69) is 15.5 Å². The van der Waals surface area contributed by atoms with Crippen molar-refractivity contribution in [1.29, 1.82) is 0 Å². The molecule has 1 amide bonds. The molecule has 0 aliphatic heterocycles. The number of hydrogen-bond acceptors (Lipinski definition) is 3. The maximum absolute atomic E-state index is 12.5. The molecule has 0 radical (unpaired) electrons. The molecule has 2 aliphatic rings. The fraction of sp³-hybridized carbons (Fsp3) is 0.562. The van der Waals surface area contributed by atoms with E-state index in [1.807, 2.05) is 35.7 Å². The number of nitrogens with zero attached hydrogens (tertiary/aromatic N) is 4. The van der Waals surface area contributed by atoms with Gasteiger partial charge in [-0.25, -0.2) is 0 Å². The summed E-state index contributed by atoms with van der Waals surface area (Å²) in [5, 5.41) is 11.8. The second-order valence-electron chi connectivity index (χ2n) is 6.44. The molecule has 0 unspecified atom stereocenters. The summed E-state index contributed by atoms with van der Waals surface area (Å²) in [6.45, 7) is 0. The highest BCUT2D eigenvalue weighted by atomic mass is 16.2. The van der Waals surface area contributed by atoms with Crippen molar-refractivity contribution in [3.05, 3.63) is 34.9 Å². The lowest BCUT2D eigenvalue weighted by Crippen LogP contribution is -2.31. The molecule has 2 heterocycles. The lowest BCUT2D eigenvalue weighted by Gasteiger charge is -2.23. The zero-order valence-electron chi connectivity index (χ0n) is 13.0. The van der Waals surface area contributed by atoms with Gasteiger partial charge in [-0.05, 0) is 38.2 Å². The van der Waals surface area contributed by atoms with Crippen LogP contribution in [0.3, 0.4) is 0 Å². The number of rotatable bonds is 3. The average molecular weight is 299 g/mol.